The van der Waals surface area contributed by atoms with Gasteiger partial charge in [-0.3, -0.25) is 4.79 Å². The van der Waals surface area contributed by atoms with Crippen molar-refractivity contribution in [1.82, 2.24) is 20.3 Å². The zero-order chi connectivity index (χ0) is 16.8. The van der Waals surface area contributed by atoms with Crippen molar-refractivity contribution < 1.29 is 18.0 Å². The van der Waals surface area contributed by atoms with Gasteiger partial charge in [0.25, 0.3) is 5.91 Å². The van der Waals surface area contributed by atoms with Crippen LogP contribution in [-0.4, -0.2) is 32.8 Å². The Morgan fingerprint density at radius 3 is 2.83 bits per heavy atom. The van der Waals surface area contributed by atoms with Crippen LogP contribution in [0.1, 0.15) is 40.3 Å². The number of nitrogens with one attached hydrogen (secondary N) is 1. The van der Waals surface area contributed by atoms with Crippen molar-refractivity contribution in [2.75, 3.05) is 6.54 Å². The molecular weight excluding hydrogens is 333 g/mol. The Labute approximate surface area is 134 Å². The fraction of sp³-hybridized carbons (Fsp3) is 0.357. The van der Waals surface area contributed by atoms with Crippen molar-refractivity contribution in [3.63, 3.8) is 0 Å². The largest absolute Gasteiger partial charge is 0.417 e. The molecule has 0 spiro atoms. The molecule has 0 saturated heterocycles. The van der Waals surface area contributed by atoms with Crippen LogP contribution in [0.3, 0.4) is 0 Å². The van der Waals surface area contributed by atoms with Crippen LogP contribution in [0.25, 0.3) is 0 Å². The van der Waals surface area contributed by atoms with Crippen LogP contribution < -0.4 is 0 Å². The van der Waals surface area contributed by atoms with E-state index in [4.69, 9.17) is 11.6 Å². The molecule has 1 amide bonds. The maximum absolute atomic E-state index is 12.9. The van der Waals surface area contributed by atoms with E-state index in [2.05, 4.69) is 15.4 Å². The summed E-state index contributed by atoms with van der Waals surface area (Å²) in [6, 6.07) is 2.94. The summed E-state index contributed by atoms with van der Waals surface area (Å²) >= 11 is 5.83. The van der Waals surface area contributed by atoms with Crippen molar-refractivity contribution in [1.29, 1.82) is 0 Å². The number of halogens is 4. The Kier molecular flexibility index (Phi) is 3.79. The van der Waals surface area contributed by atoms with Crippen molar-refractivity contribution in [2.24, 2.45) is 0 Å². The molecule has 23 heavy (non-hydrogen) atoms. The van der Waals surface area contributed by atoms with Crippen LogP contribution in [0.4, 0.5) is 13.2 Å². The lowest BCUT2D eigenvalue weighted by atomic mass is 10.0. The highest BCUT2D eigenvalue weighted by Crippen LogP contribution is 2.37. The first kappa shape index (κ1) is 15.8. The second-order valence-corrected chi connectivity index (χ2v) is 5.62. The molecule has 0 radical (unpaired) electrons. The van der Waals surface area contributed by atoms with E-state index in [0.29, 0.717) is 18.7 Å². The van der Waals surface area contributed by atoms with Gasteiger partial charge in [-0.2, -0.15) is 28.6 Å². The molecule has 9 heteroatoms. The molecular formula is C14H12ClF3N4O. The van der Waals surface area contributed by atoms with Crippen LogP contribution in [0, 0.1) is 0 Å². The zero-order valence-corrected chi connectivity index (χ0v) is 12.7. The minimum Gasteiger partial charge on any atom is -0.330 e. The van der Waals surface area contributed by atoms with E-state index in [1.165, 1.54) is 17.0 Å². The van der Waals surface area contributed by atoms with E-state index < -0.39 is 28.7 Å². The predicted molar refractivity (Wildman–Crippen MR) is 76.0 cm³/mol. The average molecular weight is 345 g/mol. The van der Waals surface area contributed by atoms with E-state index >= 15 is 0 Å². The van der Waals surface area contributed by atoms with Crippen molar-refractivity contribution in [3.05, 3.63) is 45.7 Å². The number of amides is 1. The van der Waals surface area contributed by atoms with Crippen LogP contribution in [0.5, 0.6) is 0 Å². The van der Waals surface area contributed by atoms with E-state index in [0.717, 1.165) is 11.8 Å². The minimum absolute atomic E-state index is 0.166. The lowest BCUT2D eigenvalue weighted by Crippen LogP contribution is -2.39. The highest BCUT2D eigenvalue weighted by Gasteiger charge is 2.37. The van der Waals surface area contributed by atoms with E-state index in [1.54, 1.807) is 6.92 Å². The summed E-state index contributed by atoms with van der Waals surface area (Å²) in [6.07, 6.45) is -4.13. The van der Waals surface area contributed by atoms with Gasteiger partial charge < -0.3 is 4.90 Å². The van der Waals surface area contributed by atoms with Gasteiger partial charge in [0.1, 0.15) is 5.69 Å². The van der Waals surface area contributed by atoms with Gasteiger partial charge in [0.2, 0.25) is 0 Å². The average Bonchev–Trinajstić information content (AvgIpc) is 2.95. The Hall–Kier alpha value is -2.09. The fourth-order valence-corrected chi connectivity index (χ4v) is 3.01. The number of aromatic amines is 1. The van der Waals surface area contributed by atoms with Gasteiger partial charge in [-0.25, -0.2) is 0 Å². The third-order valence-electron chi connectivity index (χ3n) is 3.90. The smallest absolute Gasteiger partial charge is 0.330 e. The molecule has 1 aromatic carbocycles. The van der Waals surface area contributed by atoms with Gasteiger partial charge in [0, 0.05) is 13.0 Å². The van der Waals surface area contributed by atoms with Gasteiger partial charge >= 0.3 is 6.18 Å². The van der Waals surface area contributed by atoms with Crippen molar-refractivity contribution in [2.45, 2.75) is 25.6 Å². The number of hydrogen-bond donors (Lipinski definition) is 1. The summed E-state index contributed by atoms with van der Waals surface area (Å²) in [4.78, 5) is 14.1. The van der Waals surface area contributed by atoms with Crippen LogP contribution in [0.2, 0.25) is 5.02 Å². The summed E-state index contributed by atoms with van der Waals surface area (Å²) in [5.74, 6) is -0.553. The summed E-state index contributed by atoms with van der Waals surface area (Å²) in [5, 5.41) is 9.91. The normalized spacial score (nSPS) is 18.0. The van der Waals surface area contributed by atoms with Gasteiger partial charge in [-0.15, -0.1) is 0 Å². The fourth-order valence-electron chi connectivity index (χ4n) is 2.70. The second kappa shape index (κ2) is 5.52. The topological polar surface area (TPSA) is 61.9 Å². The Morgan fingerprint density at radius 1 is 1.39 bits per heavy atom. The third kappa shape index (κ3) is 2.67. The van der Waals surface area contributed by atoms with Gasteiger partial charge in [0.05, 0.1) is 27.9 Å². The van der Waals surface area contributed by atoms with E-state index in [1.807, 2.05) is 0 Å². The summed E-state index contributed by atoms with van der Waals surface area (Å²) in [5.41, 5.74) is 0.196. The molecule has 1 unspecified atom stereocenters. The molecule has 0 fully saturated rings. The van der Waals surface area contributed by atoms with Crippen molar-refractivity contribution in [3.8, 4) is 0 Å². The molecule has 122 valence electrons. The Balaban J connectivity index is 1.96. The number of benzene rings is 1. The third-order valence-corrected chi connectivity index (χ3v) is 4.31. The number of carbonyl (C=O) groups excluding carboxylic acids is 1. The van der Waals surface area contributed by atoms with Crippen molar-refractivity contribution >= 4 is 17.5 Å². The first-order valence-corrected chi connectivity index (χ1v) is 7.24. The Bertz CT molecular complexity index is 759. The molecule has 0 aliphatic carbocycles. The van der Waals surface area contributed by atoms with Gasteiger partial charge in [0.15, 0.2) is 0 Å². The molecule has 1 atom stereocenters. The molecule has 2 aromatic rings. The Morgan fingerprint density at radius 2 is 2.13 bits per heavy atom. The lowest BCUT2D eigenvalue weighted by molar-refractivity contribution is -0.137. The number of nitrogens with zero attached hydrogens (tertiary/aromatic N) is 3. The monoisotopic (exact) mass is 344 g/mol. The maximum Gasteiger partial charge on any atom is 0.417 e. The summed E-state index contributed by atoms with van der Waals surface area (Å²) in [7, 11) is 0. The molecule has 3 rings (SSSR count). The number of carbonyl (C=O) groups is 1. The number of aromatic nitrogens is 3. The molecule has 1 N–H and O–H groups in total. The molecule has 5 nitrogen and oxygen atoms in total. The summed E-state index contributed by atoms with van der Waals surface area (Å²) in [6.45, 7) is 2.09. The maximum atomic E-state index is 12.9. The van der Waals surface area contributed by atoms with E-state index in [9.17, 15) is 18.0 Å². The highest BCUT2D eigenvalue weighted by atomic mass is 35.5. The molecule has 1 aliphatic heterocycles. The number of fused-ring (bicyclic) bond motifs is 1. The highest BCUT2D eigenvalue weighted by molar-refractivity contribution is 6.34. The SMILES string of the molecule is CC1c2n[nH]nc2CCN1C(=O)c1cccc(C(F)(F)F)c1Cl. The first-order chi connectivity index (χ1) is 10.8. The molecule has 1 aromatic heterocycles. The van der Waals surface area contributed by atoms with Gasteiger partial charge in [-0.1, -0.05) is 17.7 Å². The summed E-state index contributed by atoms with van der Waals surface area (Å²) < 4.78 is 38.8. The second-order valence-electron chi connectivity index (χ2n) is 5.24. The molecule has 0 saturated carbocycles. The molecule has 2 heterocycles. The standard InChI is InChI=1S/C14H12ClF3N4O/c1-7-12-10(19-21-20-12)5-6-22(7)13(23)8-3-2-4-9(11(8)15)14(16,17)18/h2-4,7H,5-6H2,1H3,(H,19,20,21). The predicted octanol–water partition coefficient (Wildman–Crippen LogP) is 3.24. The quantitative estimate of drug-likeness (QED) is 0.864. The number of alkyl halides is 3. The van der Waals surface area contributed by atoms with Gasteiger partial charge in [-0.05, 0) is 19.1 Å². The first-order valence-electron chi connectivity index (χ1n) is 6.87. The molecule has 1 aliphatic rings. The number of H-pyrrole nitrogens is 1. The number of hydrogen-bond acceptors (Lipinski definition) is 3. The van der Waals surface area contributed by atoms with Crippen LogP contribution in [0.15, 0.2) is 18.2 Å². The van der Waals surface area contributed by atoms with E-state index in [-0.39, 0.29) is 5.56 Å². The zero-order valence-electron chi connectivity index (χ0n) is 12.0. The lowest BCUT2D eigenvalue weighted by Gasteiger charge is -2.32. The molecule has 0 bridgehead atoms. The minimum atomic E-state index is -4.61. The number of rotatable bonds is 1. The van der Waals surface area contributed by atoms with Crippen LogP contribution in [-0.2, 0) is 12.6 Å². The van der Waals surface area contributed by atoms with Crippen LogP contribution >= 0.6 is 11.6 Å².